The monoisotopic (exact) mass is 388 g/mol. The van der Waals surface area contributed by atoms with Crippen LogP contribution in [0.15, 0.2) is 36.7 Å². The number of hydrogen-bond acceptors (Lipinski definition) is 4. The normalized spacial score (nSPS) is 22.8. The standard InChI is InChI=1S/C20H25ClN4O2/c1-27-10-9-23-12-15-3-4-17(23)14-24(13-15)20(26)18-11-16(5-6-19(18)21)25-8-2-7-22-25/h2,5-8,11,15,17H,3-4,9-10,12-14H2,1H3/t15-,17-/m1/s1. The molecule has 2 atom stereocenters. The summed E-state index contributed by atoms with van der Waals surface area (Å²) in [6.07, 6.45) is 5.90. The molecule has 3 aliphatic heterocycles. The average Bonchev–Trinajstić information content (AvgIpc) is 3.07. The van der Waals surface area contributed by atoms with Crippen molar-refractivity contribution in [3.05, 3.63) is 47.2 Å². The summed E-state index contributed by atoms with van der Waals surface area (Å²) in [4.78, 5) is 17.8. The molecule has 7 heteroatoms. The number of amides is 1. The van der Waals surface area contributed by atoms with Gasteiger partial charge in [0.25, 0.3) is 5.91 Å². The van der Waals surface area contributed by atoms with Gasteiger partial charge in [-0.05, 0) is 43.0 Å². The highest BCUT2D eigenvalue weighted by Gasteiger charge is 2.36. The molecule has 3 fully saturated rings. The van der Waals surface area contributed by atoms with Crippen molar-refractivity contribution >= 4 is 17.5 Å². The molecule has 144 valence electrons. The maximum atomic E-state index is 13.3. The number of carbonyl (C=O) groups excluding carboxylic acids is 1. The Labute approximate surface area is 164 Å². The van der Waals surface area contributed by atoms with Gasteiger partial charge in [-0.2, -0.15) is 5.10 Å². The Bertz CT molecular complexity index is 795. The number of nitrogens with zero attached hydrogens (tertiary/aromatic N) is 4. The molecular weight excluding hydrogens is 364 g/mol. The van der Waals surface area contributed by atoms with Crippen LogP contribution in [0.5, 0.6) is 0 Å². The minimum Gasteiger partial charge on any atom is -0.383 e. The van der Waals surface area contributed by atoms with Crippen molar-refractivity contribution in [2.24, 2.45) is 5.92 Å². The predicted octanol–water partition coefficient (Wildman–Crippen LogP) is 2.71. The maximum Gasteiger partial charge on any atom is 0.255 e. The third kappa shape index (κ3) is 3.88. The molecule has 1 aromatic carbocycles. The first-order valence-electron chi connectivity index (χ1n) is 9.47. The third-order valence-corrected chi connectivity index (χ3v) is 5.98. The van der Waals surface area contributed by atoms with Gasteiger partial charge in [-0.25, -0.2) is 4.68 Å². The van der Waals surface area contributed by atoms with Crippen LogP contribution in [0.3, 0.4) is 0 Å². The highest BCUT2D eigenvalue weighted by molar-refractivity contribution is 6.33. The fraction of sp³-hybridized carbons (Fsp3) is 0.500. The van der Waals surface area contributed by atoms with Crippen LogP contribution in [0.25, 0.3) is 5.69 Å². The van der Waals surface area contributed by atoms with E-state index in [0.717, 1.165) is 44.9 Å². The summed E-state index contributed by atoms with van der Waals surface area (Å²) in [6, 6.07) is 7.76. The summed E-state index contributed by atoms with van der Waals surface area (Å²) in [5.74, 6) is 0.525. The molecule has 1 amide bonds. The van der Waals surface area contributed by atoms with E-state index in [9.17, 15) is 4.79 Å². The van der Waals surface area contributed by atoms with Gasteiger partial charge in [0.15, 0.2) is 0 Å². The molecular formula is C20H25ClN4O2. The van der Waals surface area contributed by atoms with E-state index in [-0.39, 0.29) is 5.91 Å². The van der Waals surface area contributed by atoms with Crippen LogP contribution < -0.4 is 0 Å². The van der Waals surface area contributed by atoms with Crippen molar-refractivity contribution in [3.63, 3.8) is 0 Å². The number of hydrogen-bond donors (Lipinski definition) is 0. The number of aromatic nitrogens is 2. The number of fused-ring (bicyclic) bond motifs is 4. The van der Waals surface area contributed by atoms with Crippen LogP contribution in [0.1, 0.15) is 23.2 Å². The van der Waals surface area contributed by atoms with E-state index in [1.807, 2.05) is 29.3 Å². The van der Waals surface area contributed by atoms with Gasteiger partial charge in [0.1, 0.15) is 0 Å². The Kier molecular flexibility index (Phi) is 5.48. The van der Waals surface area contributed by atoms with Gasteiger partial charge in [0.05, 0.1) is 22.9 Å². The lowest BCUT2D eigenvalue weighted by atomic mass is 9.95. The van der Waals surface area contributed by atoms with Crippen LogP contribution >= 0.6 is 11.6 Å². The van der Waals surface area contributed by atoms with Crippen molar-refractivity contribution in [3.8, 4) is 5.69 Å². The lowest BCUT2D eigenvalue weighted by Gasteiger charge is -2.35. The van der Waals surface area contributed by atoms with Crippen molar-refractivity contribution in [2.45, 2.75) is 18.9 Å². The second kappa shape index (κ2) is 8.00. The zero-order valence-electron chi connectivity index (χ0n) is 15.6. The maximum absolute atomic E-state index is 13.3. The Morgan fingerprint density at radius 2 is 2.19 bits per heavy atom. The Hall–Kier alpha value is -1.89. The first-order valence-corrected chi connectivity index (χ1v) is 9.85. The summed E-state index contributed by atoms with van der Waals surface area (Å²) < 4.78 is 6.99. The van der Waals surface area contributed by atoms with E-state index in [1.54, 1.807) is 24.1 Å². The Morgan fingerprint density at radius 3 is 2.96 bits per heavy atom. The SMILES string of the molecule is COCCN1C[C@H]2CC[C@@H]1CN(C(=O)c1cc(-n3cccn3)ccc1Cl)C2. The fourth-order valence-electron chi connectivity index (χ4n) is 4.24. The van der Waals surface area contributed by atoms with Crippen molar-refractivity contribution in [1.29, 1.82) is 0 Å². The van der Waals surface area contributed by atoms with Gasteiger partial charge in [0.2, 0.25) is 0 Å². The molecule has 0 saturated carbocycles. The summed E-state index contributed by atoms with van der Waals surface area (Å²) in [5.41, 5.74) is 1.39. The number of piperidine rings is 1. The van der Waals surface area contributed by atoms with Gasteiger partial charge in [-0.3, -0.25) is 9.69 Å². The molecule has 0 radical (unpaired) electrons. The fourth-order valence-corrected chi connectivity index (χ4v) is 4.44. The Morgan fingerprint density at radius 1 is 1.30 bits per heavy atom. The topological polar surface area (TPSA) is 50.6 Å². The van der Waals surface area contributed by atoms with Crippen molar-refractivity contribution in [1.82, 2.24) is 19.6 Å². The summed E-state index contributed by atoms with van der Waals surface area (Å²) >= 11 is 6.39. The summed E-state index contributed by atoms with van der Waals surface area (Å²) in [5, 5.41) is 4.74. The number of rotatable bonds is 5. The predicted molar refractivity (Wildman–Crippen MR) is 104 cm³/mol. The second-order valence-corrected chi connectivity index (χ2v) is 7.82. The minimum absolute atomic E-state index is 0.0134. The number of methoxy groups -OCH3 is 1. The lowest BCUT2D eigenvalue weighted by Crippen LogP contribution is -2.45. The van der Waals surface area contributed by atoms with Crippen LogP contribution in [0.4, 0.5) is 0 Å². The molecule has 6 nitrogen and oxygen atoms in total. The first kappa shape index (κ1) is 18.5. The average molecular weight is 389 g/mol. The van der Waals surface area contributed by atoms with E-state index in [0.29, 0.717) is 22.5 Å². The summed E-state index contributed by atoms with van der Waals surface area (Å²) in [6.45, 7) is 4.24. The highest BCUT2D eigenvalue weighted by Crippen LogP contribution is 2.30. The van der Waals surface area contributed by atoms with Gasteiger partial charge >= 0.3 is 0 Å². The second-order valence-electron chi connectivity index (χ2n) is 7.41. The van der Waals surface area contributed by atoms with E-state index in [4.69, 9.17) is 16.3 Å². The number of benzene rings is 1. The van der Waals surface area contributed by atoms with Crippen LogP contribution in [0.2, 0.25) is 5.02 Å². The zero-order chi connectivity index (χ0) is 18.8. The quantitative estimate of drug-likeness (QED) is 0.790. The molecule has 2 aromatic rings. The van der Waals surface area contributed by atoms with Gasteiger partial charge in [-0.15, -0.1) is 0 Å². The summed E-state index contributed by atoms with van der Waals surface area (Å²) in [7, 11) is 1.74. The van der Waals surface area contributed by atoms with Gasteiger partial charge in [-0.1, -0.05) is 11.6 Å². The largest absolute Gasteiger partial charge is 0.383 e. The van der Waals surface area contributed by atoms with Crippen LogP contribution in [0, 0.1) is 5.92 Å². The first-order chi connectivity index (χ1) is 13.2. The third-order valence-electron chi connectivity index (χ3n) is 5.65. The zero-order valence-corrected chi connectivity index (χ0v) is 16.3. The minimum atomic E-state index is 0.0134. The molecule has 3 aliphatic rings. The number of carbonyl (C=O) groups is 1. The number of halogens is 1. The van der Waals surface area contributed by atoms with Crippen LogP contribution in [-0.2, 0) is 4.74 Å². The van der Waals surface area contributed by atoms with E-state index in [2.05, 4.69) is 10.00 Å². The molecule has 1 aromatic heterocycles. The Balaban J connectivity index is 1.55. The molecule has 2 bridgehead atoms. The smallest absolute Gasteiger partial charge is 0.255 e. The molecule has 0 spiro atoms. The van der Waals surface area contributed by atoms with E-state index >= 15 is 0 Å². The molecule has 3 saturated heterocycles. The van der Waals surface area contributed by atoms with E-state index in [1.165, 1.54) is 6.42 Å². The van der Waals surface area contributed by atoms with Gasteiger partial charge < -0.3 is 9.64 Å². The van der Waals surface area contributed by atoms with Gasteiger partial charge in [0, 0.05) is 51.7 Å². The molecule has 0 N–H and O–H groups in total. The molecule has 0 unspecified atom stereocenters. The van der Waals surface area contributed by atoms with Crippen molar-refractivity contribution in [2.75, 3.05) is 39.9 Å². The highest BCUT2D eigenvalue weighted by atomic mass is 35.5. The van der Waals surface area contributed by atoms with E-state index < -0.39 is 0 Å². The van der Waals surface area contributed by atoms with Crippen molar-refractivity contribution < 1.29 is 9.53 Å². The molecule has 4 heterocycles. The number of ether oxygens (including phenoxy) is 1. The molecule has 0 aliphatic carbocycles. The van der Waals surface area contributed by atoms with Crippen LogP contribution in [-0.4, -0.2) is 71.4 Å². The lowest BCUT2D eigenvalue weighted by molar-refractivity contribution is 0.0718. The molecule has 5 rings (SSSR count). The molecule has 27 heavy (non-hydrogen) atoms.